The lowest BCUT2D eigenvalue weighted by Crippen LogP contribution is -2.21. The molecule has 0 unspecified atom stereocenters. The maximum atomic E-state index is 9.46. The summed E-state index contributed by atoms with van der Waals surface area (Å²) in [5.74, 6) is 0.517. The highest BCUT2D eigenvalue weighted by atomic mass is 16.3. The molecule has 0 aromatic rings. The molecule has 1 aliphatic rings. The van der Waals surface area contributed by atoms with Gasteiger partial charge in [-0.05, 0) is 25.7 Å². The van der Waals surface area contributed by atoms with E-state index in [9.17, 15) is 5.11 Å². The fourth-order valence-electron chi connectivity index (χ4n) is 1.54. The number of rotatable bonds is 1. The number of aliphatic hydroxyl groups is 1. The van der Waals surface area contributed by atoms with Gasteiger partial charge in [0.05, 0.1) is 6.10 Å². The normalized spacial score (nSPS) is 33.7. The third-order valence-corrected chi connectivity index (χ3v) is 2.37. The van der Waals surface area contributed by atoms with Gasteiger partial charge in [0.1, 0.15) is 0 Å². The lowest BCUT2D eigenvalue weighted by molar-refractivity contribution is 0.135. The number of hydrogen-bond donors (Lipinski definition) is 1. The van der Waals surface area contributed by atoms with Crippen molar-refractivity contribution in [1.29, 1.82) is 0 Å². The van der Waals surface area contributed by atoms with Crippen molar-refractivity contribution in [3.63, 3.8) is 0 Å². The predicted molar refractivity (Wildman–Crippen MR) is 42.8 cm³/mol. The van der Waals surface area contributed by atoms with Crippen LogP contribution < -0.4 is 0 Å². The van der Waals surface area contributed by atoms with E-state index in [1.54, 1.807) is 0 Å². The molecule has 0 radical (unpaired) electrons. The van der Waals surface area contributed by atoms with Crippen molar-refractivity contribution in [2.45, 2.75) is 39.2 Å². The van der Waals surface area contributed by atoms with Crippen LogP contribution in [0.4, 0.5) is 0 Å². The average Bonchev–Trinajstić information content (AvgIpc) is 1.88. The first kappa shape index (κ1) is 7.80. The summed E-state index contributed by atoms with van der Waals surface area (Å²) in [7, 11) is 0. The van der Waals surface area contributed by atoms with Crippen molar-refractivity contribution in [2.24, 2.45) is 5.92 Å². The van der Waals surface area contributed by atoms with Gasteiger partial charge in [-0.2, -0.15) is 0 Å². The molecule has 0 heterocycles. The van der Waals surface area contributed by atoms with Crippen LogP contribution in [0.1, 0.15) is 33.1 Å². The summed E-state index contributed by atoms with van der Waals surface area (Å²) in [6, 6.07) is 0. The van der Waals surface area contributed by atoms with Crippen molar-refractivity contribution in [3.8, 4) is 0 Å². The molecular weight excluding hydrogens is 124 g/mol. The quantitative estimate of drug-likeness (QED) is 0.553. The SMILES string of the molecule is CC[C@@H]1CCC(C)=C[C@@H]1O. The molecule has 0 aromatic carbocycles. The van der Waals surface area contributed by atoms with Crippen LogP contribution in [-0.2, 0) is 0 Å². The summed E-state index contributed by atoms with van der Waals surface area (Å²) in [6.07, 6.45) is 5.27. The van der Waals surface area contributed by atoms with E-state index in [0.717, 1.165) is 6.42 Å². The Bertz CT molecular complexity index is 138. The molecule has 1 nitrogen and oxygen atoms in total. The maximum absolute atomic E-state index is 9.46. The molecule has 0 fully saturated rings. The van der Waals surface area contributed by atoms with Gasteiger partial charge in [-0.3, -0.25) is 0 Å². The van der Waals surface area contributed by atoms with Gasteiger partial charge in [0.25, 0.3) is 0 Å². The minimum atomic E-state index is -0.168. The zero-order chi connectivity index (χ0) is 7.56. The lowest BCUT2D eigenvalue weighted by Gasteiger charge is -2.24. The van der Waals surface area contributed by atoms with Gasteiger partial charge in [-0.15, -0.1) is 0 Å². The Morgan fingerprint density at radius 1 is 1.70 bits per heavy atom. The van der Waals surface area contributed by atoms with E-state index in [4.69, 9.17) is 0 Å². The van der Waals surface area contributed by atoms with Crippen LogP contribution in [-0.4, -0.2) is 11.2 Å². The molecule has 10 heavy (non-hydrogen) atoms. The van der Waals surface area contributed by atoms with Gasteiger partial charge >= 0.3 is 0 Å². The summed E-state index contributed by atoms with van der Waals surface area (Å²) in [4.78, 5) is 0. The van der Waals surface area contributed by atoms with E-state index in [1.165, 1.54) is 18.4 Å². The zero-order valence-corrected chi connectivity index (χ0v) is 6.80. The molecule has 0 saturated carbocycles. The molecule has 0 saturated heterocycles. The third-order valence-electron chi connectivity index (χ3n) is 2.37. The van der Waals surface area contributed by atoms with Crippen LogP contribution in [0.2, 0.25) is 0 Å². The van der Waals surface area contributed by atoms with Gasteiger partial charge < -0.3 is 5.11 Å². The van der Waals surface area contributed by atoms with E-state index in [2.05, 4.69) is 13.8 Å². The minimum absolute atomic E-state index is 0.168. The van der Waals surface area contributed by atoms with E-state index in [1.807, 2.05) is 6.08 Å². The molecule has 2 atom stereocenters. The largest absolute Gasteiger partial charge is 0.389 e. The van der Waals surface area contributed by atoms with E-state index in [0.29, 0.717) is 5.92 Å². The number of hydrogen-bond acceptors (Lipinski definition) is 1. The predicted octanol–water partition coefficient (Wildman–Crippen LogP) is 2.11. The number of allylic oxidation sites excluding steroid dienone is 1. The first-order chi connectivity index (χ1) is 4.74. The summed E-state index contributed by atoms with van der Waals surface area (Å²) in [5, 5.41) is 9.46. The Hall–Kier alpha value is -0.300. The zero-order valence-electron chi connectivity index (χ0n) is 6.80. The standard InChI is InChI=1S/C9H16O/c1-3-8-5-4-7(2)6-9(8)10/h6,8-10H,3-5H2,1-2H3/t8-,9+/m1/s1. The second-order valence-electron chi connectivity index (χ2n) is 3.21. The summed E-state index contributed by atoms with van der Waals surface area (Å²) < 4.78 is 0. The van der Waals surface area contributed by atoms with Crippen molar-refractivity contribution in [3.05, 3.63) is 11.6 Å². The van der Waals surface area contributed by atoms with Crippen LogP contribution in [0, 0.1) is 5.92 Å². The average molecular weight is 140 g/mol. The Morgan fingerprint density at radius 2 is 2.40 bits per heavy atom. The van der Waals surface area contributed by atoms with Gasteiger partial charge in [-0.1, -0.05) is 25.0 Å². The molecule has 1 heteroatoms. The fraction of sp³-hybridized carbons (Fsp3) is 0.778. The molecule has 1 N–H and O–H groups in total. The van der Waals surface area contributed by atoms with Gasteiger partial charge in [0.15, 0.2) is 0 Å². The topological polar surface area (TPSA) is 20.2 Å². The van der Waals surface area contributed by atoms with E-state index < -0.39 is 0 Å². The van der Waals surface area contributed by atoms with Crippen LogP contribution in [0.25, 0.3) is 0 Å². The molecule has 0 bridgehead atoms. The van der Waals surface area contributed by atoms with Crippen molar-refractivity contribution in [2.75, 3.05) is 0 Å². The minimum Gasteiger partial charge on any atom is -0.389 e. The fourth-order valence-corrected chi connectivity index (χ4v) is 1.54. The van der Waals surface area contributed by atoms with Crippen LogP contribution >= 0.6 is 0 Å². The molecule has 0 amide bonds. The second-order valence-corrected chi connectivity index (χ2v) is 3.21. The molecule has 58 valence electrons. The summed E-state index contributed by atoms with van der Waals surface area (Å²) >= 11 is 0. The molecular formula is C9H16O. The smallest absolute Gasteiger partial charge is 0.0751 e. The van der Waals surface area contributed by atoms with Crippen molar-refractivity contribution >= 4 is 0 Å². The van der Waals surface area contributed by atoms with E-state index >= 15 is 0 Å². The van der Waals surface area contributed by atoms with Gasteiger partial charge in [0, 0.05) is 0 Å². The second kappa shape index (κ2) is 3.20. The maximum Gasteiger partial charge on any atom is 0.0751 e. The van der Waals surface area contributed by atoms with Crippen LogP contribution in [0.5, 0.6) is 0 Å². The van der Waals surface area contributed by atoms with E-state index in [-0.39, 0.29) is 6.10 Å². The summed E-state index contributed by atoms with van der Waals surface area (Å²) in [6.45, 7) is 4.23. The molecule has 0 spiro atoms. The Kier molecular flexibility index (Phi) is 2.50. The molecule has 0 aromatic heterocycles. The molecule has 1 aliphatic carbocycles. The lowest BCUT2D eigenvalue weighted by atomic mass is 9.86. The molecule has 1 rings (SSSR count). The Morgan fingerprint density at radius 3 is 2.90 bits per heavy atom. The first-order valence-electron chi connectivity index (χ1n) is 4.09. The Balaban J connectivity index is 2.55. The highest BCUT2D eigenvalue weighted by Gasteiger charge is 2.18. The highest BCUT2D eigenvalue weighted by molar-refractivity contribution is 5.07. The third kappa shape index (κ3) is 1.60. The number of aliphatic hydroxyl groups excluding tert-OH is 1. The van der Waals surface area contributed by atoms with Crippen molar-refractivity contribution in [1.82, 2.24) is 0 Å². The van der Waals surface area contributed by atoms with Crippen LogP contribution in [0.15, 0.2) is 11.6 Å². The summed E-state index contributed by atoms with van der Waals surface area (Å²) in [5.41, 5.74) is 1.34. The Labute approximate surface area is 62.8 Å². The monoisotopic (exact) mass is 140 g/mol. The highest BCUT2D eigenvalue weighted by Crippen LogP contribution is 2.25. The van der Waals surface area contributed by atoms with Gasteiger partial charge in [-0.25, -0.2) is 0 Å². The van der Waals surface area contributed by atoms with Gasteiger partial charge in [0.2, 0.25) is 0 Å². The first-order valence-corrected chi connectivity index (χ1v) is 4.09. The molecule has 0 aliphatic heterocycles. The van der Waals surface area contributed by atoms with Crippen LogP contribution in [0.3, 0.4) is 0 Å². The van der Waals surface area contributed by atoms with Crippen molar-refractivity contribution < 1.29 is 5.11 Å².